The van der Waals surface area contributed by atoms with Gasteiger partial charge in [-0.05, 0) is 40.9 Å². The summed E-state index contributed by atoms with van der Waals surface area (Å²) in [5, 5.41) is 19.8. The number of benzene rings is 1. The van der Waals surface area contributed by atoms with Crippen LogP contribution in [0.4, 0.5) is 0 Å². The smallest absolute Gasteiger partial charge is 0.165 e. The molecule has 1 aromatic carbocycles. The number of aromatic hydroxyl groups is 1. The molecule has 0 radical (unpaired) electrons. The Kier molecular flexibility index (Phi) is 4.68. The monoisotopic (exact) mass is 380 g/mol. The van der Waals surface area contributed by atoms with Crippen molar-refractivity contribution in [2.24, 2.45) is 5.41 Å². The highest BCUT2D eigenvalue weighted by atomic mass is 16.3. The number of rotatable bonds is 1. The summed E-state index contributed by atoms with van der Waals surface area (Å²) in [5.74, 6) is 0.473. The number of phenolic OH excluding ortho intramolecular Hbond substituents is 1. The second kappa shape index (κ2) is 6.40. The highest BCUT2D eigenvalue weighted by Crippen LogP contribution is 2.42. The first kappa shape index (κ1) is 20.5. The first-order valence-electron chi connectivity index (χ1n) is 9.97. The zero-order valence-corrected chi connectivity index (χ0v) is 18.4. The summed E-state index contributed by atoms with van der Waals surface area (Å²) >= 11 is 0. The Bertz CT molecular complexity index is 909. The maximum Gasteiger partial charge on any atom is 0.165 e. The molecule has 1 aliphatic carbocycles. The normalized spacial score (nSPS) is 16.8. The third-order valence-electron chi connectivity index (χ3n) is 5.48. The maximum atomic E-state index is 12.7. The summed E-state index contributed by atoms with van der Waals surface area (Å²) in [6, 6.07) is 5.85. The van der Waals surface area contributed by atoms with Crippen LogP contribution in [0, 0.1) is 5.41 Å². The van der Waals surface area contributed by atoms with E-state index < -0.39 is 0 Å². The van der Waals surface area contributed by atoms with Crippen molar-refractivity contribution in [1.82, 2.24) is 10.2 Å². The molecule has 28 heavy (non-hydrogen) atoms. The molecular formula is C24H32N2O2. The van der Waals surface area contributed by atoms with E-state index in [9.17, 15) is 9.90 Å². The van der Waals surface area contributed by atoms with Gasteiger partial charge in [-0.25, -0.2) is 0 Å². The molecule has 150 valence electrons. The maximum absolute atomic E-state index is 12.7. The molecule has 2 aromatic rings. The number of fused-ring (bicyclic) bond motifs is 1. The Hall–Kier alpha value is -2.23. The molecule has 0 saturated carbocycles. The Labute approximate surface area is 168 Å². The minimum absolute atomic E-state index is 0.0718. The molecule has 0 bridgehead atoms. The molecule has 3 rings (SSSR count). The highest BCUT2D eigenvalue weighted by molar-refractivity contribution is 5.99. The molecule has 0 amide bonds. The Morgan fingerprint density at radius 3 is 1.93 bits per heavy atom. The lowest BCUT2D eigenvalue weighted by atomic mass is 9.75. The molecule has 0 atom stereocenters. The van der Waals surface area contributed by atoms with Crippen LogP contribution in [0.2, 0.25) is 0 Å². The van der Waals surface area contributed by atoms with Crippen molar-refractivity contribution >= 4 is 5.78 Å². The molecule has 0 unspecified atom stereocenters. The predicted molar refractivity (Wildman–Crippen MR) is 113 cm³/mol. The van der Waals surface area contributed by atoms with Crippen LogP contribution in [0.1, 0.15) is 89.0 Å². The van der Waals surface area contributed by atoms with Crippen molar-refractivity contribution in [3.05, 3.63) is 40.6 Å². The molecular weight excluding hydrogens is 348 g/mol. The van der Waals surface area contributed by atoms with E-state index in [4.69, 9.17) is 0 Å². The summed E-state index contributed by atoms with van der Waals surface area (Å²) < 4.78 is 0. The summed E-state index contributed by atoms with van der Waals surface area (Å²) in [7, 11) is 0. The second-order valence-corrected chi connectivity index (χ2v) is 11.0. The largest absolute Gasteiger partial charge is 0.507 e. The number of nitrogens with zero attached hydrogens (tertiary/aromatic N) is 2. The van der Waals surface area contributed by atoms with Gasteiger partial charge in [-0.15, -0.1) is 0 Å². The predicted octanol–water partition coefficient (Wildman–Crippen LogP) is 5.60. The quantitative estimate of drug-likeness (QED) is 0.699. The van der Waals surface area contributed by atoms with Gasteiger partial charge in [0.25, 0.3) is 0 Å². The zero-order chi connectivity index (χ0) is 21.1. The molecule has 0 fully saturated rings. The van der Waals surface area contributed by atoms with Crippen molar-refractivity contribution < 1.29 is 9.90 Å². The van der Waals surface area contributed by atoms with Crippen LogP contribution >= 0.6 is 0 Å². The number of ketones is 1. The summed E-state index contributed by atoms with van der Waals surface area (Å²) in [6.07, 6.45) is 1.29. The topological polar surface area (TPSA) is 63.1 Å². The Morgan fingerprint density at radius 1 is 0.893 bits per heavy atom. The lowest BCUT2D eigenvalue weighted by Crippen LogP contribution is -2.28. The fraction of sp³-hybridized carbons (Fsp3) is 0.542. The summed E-state index contributed by atoms with van der Waals surface area (Å²) in [4.78, 5) is 12.7. The zero-order valence-electron chi connectivity index (χ0n) is 18.4. The standard InChI is InChI=1S/C24H32N2O2/c1-22(2,3)16-9-14(10-17(21(16)28)23(4,5)6)18-11-15-19(26-25-18)12-24(7,8)13-20(15)27/h9-11,28H,12-13H2,1-8H3. The van der Waals surface area contributed by atoms with Gasteiger partial charge in [0.05, 0.1) is 11.4 Å². The molecule has 0 spiro atoms. The van der Waals surface area contributed by atoms with Gasteiger partial charge in [0.2, 0.25) is 0 Å². The van der Waals surface area contributed by atoms with Crippen LogP contribution in [-0.4, -0.2) is 21.1 Å². The number of carbonyl (C=O) groups is 1. The number of hydrogen-bond acceptors (Lipinski definition) is 4. The van der Waals surface area contributed by atoms with Crippen LogP contribution < -0.4 is 0 Å². The van der Waals surface area contributed by atoms with Crippen molar-refractivity contribution in [3.8, 4) is 17.0 Å². The van der Waals surface area contributed by atoms with Gasteiger partial charge in [0.1, 0.15) is 5.75 Å². The van der Waals surface area contributed by atoms with Crippen LogP contribution in [-0.2, 0) is 17.3 Å². The van der Waals surface area contributed by atoms with Gasteiger partial charge in [0, 0.05) is 28.7 Å². The Balaban J connectivity index is 2.20. The average molecular weight is 381 g/mol. The minimum Gasteiger partial charge on any atom is -0.507 e. The van der Waals surface area contributed by atoms with E-state index >= 15 is 0 Å². The SMILES string of the molecule is CC1(C)CC(=O)c2cc(-c3cc(C(C)(C)C)c(O)c(C(C)(C)C)c3)nnc2C1. The van der Waals surface area contributed by atoms with E-state index in [1.165, 1.54) is 0 Å². The van der Waals surface area contributed by atoms with Crippen LogP contribution in [0.25, 0.3) is 11.3 Å². The molecule has 0 aliphatic heterocycles. The molecule has 1 aliphatic rings. The number of hydrogen-bond donors (Lipinski definition) is 1. The van der Waals surface area contributed by atoms with E-state index in [1.807, 2.05) is 18.2 Å². The highest BCUT2D eigenvalue weighted by Gasteiger charge is 2.33. The third kappa shape index (κ3) is 3.82. The van der Waals surface area contributed by atoms with Crippen molar-refractivity contribution in [3.63, 3.8) is 0 Å². The second-order valence-electron chi connectivity index (χ2n) is 11.0. The first-order valence-corrected chi connectivity index (χ1v) is 9.97. The number of aromatic nitrogens is 2. The fourth-order valence-electron chi connectivity index (χ4n) is 3.90. The van der Waals surface area contributed by atoms with Gasteiger partial charge < -0.3 is 5.11 Å². The number of Topliss-reactive ketones (excluding diaryl/α,β-unsaturated/α-hetero) is 1. The van der Waals surface area contributed by atoms with E-state index in [0.29, 0.717) is 23.4 Å². The van der Waals surface area contributed by atoms with Crippen LogP contribution in [0.15, 0.2) is 18.2 Å². The van der Waals surface area contributed by atoms with Gasteiger partial charge >= 0.3 is 0 Å². The van der Waals surface area contributed by atoms with Crippen LogP contribution in [0.5, 0.6) is 5.75 Å². The molecule has 1 N–H and O–H groups in total. The number of phenols is 1. The molecule has 1 aromatic heterocycles. The molecule has 4 nitrogen and oxygen atoms in total. The van der Waals surface area contributed by atoms with Crippen molar-refractivity contribution in [1.29, 1.82) is 0 Å². The molecule has 4 heteroatoms. The third-order valence-corrected chi connectivity index (χ3v) is 5.48. The summed E-state index contributed by atoms with van der Waals surface area (Å²) in [6.45, 7) is 16.7. The summed E-state index contributed by atoms with van der Waals surface area (Å²) in [5.41, 5.74) is 4.29. The van der Waals surface area contributed by atoms with E-state index in [0.717, 1.165) is 28.8 Å². The number of carbonyl (C=O) groups excluding carboxylic acids is 1. The first-order chi connectivity index (χ1) is 12.7. The lowest BCUT2D eigenvalue weighted by Gasteiger charge is -2.29. The van der Waals surface area contributed by atoms with E-state index in [-0.39, 0.29) is 22.0 Å². The van der Waals surface area contributed by atoms with Crippen LogP contribution in [0.3, 0.4) is 0 Å². The lowest BCUT2D eigenvalue weighted by molar-refractivity contribution is 0.0909. The van der Waals surface area contributed by atoms with Gasteiger partial charge in [-0.3, -0.25) is 4.79 Å². The fourth-order valence-corrected chi connectivity index (χ4v) is 3.90. The molecule has 0 saturated heterocycles. The molecule has 1 heterocycles. The average Bonchev–Trinajstić information content (AvgIpc) is 2.51. The van der Waals surface area contributed by atoms with E-state index in [2.05, 4.69) is 65.6 Å². The minimum atomic E-state index is -0.221. The van der Waals surface area contributed by atoms with Gasteiger partial charge in [0.15, 0.2) is 5.78 Å². The van der Waals surface area contributed by atoms with Gasteiger partial charge in [-0.2, -0.15) is 10.2 Å². The van der Waals surface area contributed by atoms with Crippen molar-refractivity contribution in [2.75, 3.05) is 0 Å². The van der Waals surface area contributed by atoms with E-state index in [1.54, 1.807) is 0 Å². The van der Waals surface area contributed by atoms with Gasteiger partial charge in [-0.1, -0.05) is 55.4 Å². The van der Waals surface area contributed by atoms with Crippen molar-refractivity contribution in [2.45, 2.75) is 79.1 Å². The Morgan fingerprint density at radius 2 is 1.43 bits per heavy atom.